The van der Waals surface area contributed by atoms with E-state index in [-0.39, 0.29) is 17.4 Å². The number of benzene rings is 2. The van der Waals surface area contributed by atoms with Crippen LogP contribution in [0.3, 0.4) is 0 Å². The highest BCUT2D eigenvalue weighted by Crippen LogP contribution is 2.40. The van der Waals surface area contributed by atoms with Crippen LogP contribution in [0.4, 0.5) is 16.0 Å². The first kappa shape index (κ1) is 26.0. The average molecular weight is 525 g/mol. The van der Waals surface area contributed by atoms with E-state index in [1.165, 1.54) is 6.07 Å². The van der Waals surface area contributed by atoms with Crippen LogP contribution < -0.4 is 15.4 Å². The van der Waals surface area contributed by atoms with Crippen LogP contribution >= 0.6 is 0 Å². The van der Waals surface area contributed by atoms with Crippen molar-refractivity contribution in [1.82, 2.24) is 20.2 Å². The molecule has 0 fully saturated rings. The van der Waals surface area contributed by atoms with Gasteiger partial charge in [-0.2, -0.15) is 0 Å². The van der Waals surface area contributed by atoms with Crippen molar-refractivity contribution in [3.8, 4) is 5.75 Å². The lowest BCUT2D eigenvalue weighted by Crippen LogP contribution is -2.36. The number of carbonyl (C=O) groups excluding carboxylic acids is 1. The van der Waals surface area contributed by atoms with Crippen LogP contribution in [0, 0.1) is 5.82 Å². The lowest BCUT2D eigenvalue weighted by atomic mass is 9.84. The number of halogens is 1. The highest BCUT2D eigenvalue weighted by molar-refractivity contribution is 6.45. The van der Waals surface area contributed by atoms with Gasteiger partial charge in [0.2, 0.25) is 5.95 Å². The maximum Gasteiger partial charge on any atom is 0.272 e. The van der Waals surface area contributed by atoms with E-state index in [2.05, 4.69) is 20.6 Å². The molecule has 0 atom stereocenters. The summed E-state index contributed by atoms with van der Waals surface area (Å²) in [7, 11) is 5.16. The Hall–Kier alpha value is -4.63. The molecule has 9 heteroatoms. The first-order valence-corrected chi connectivity index (χ1v) is 12.6. The highest BCUT2D eigenvalue weighted by Gasteiger charge is 2.28. The summed E-state index contributed by atoms with van der Waals surface area (Å²) >= 11 is 0. The van der Waals surface area contributed by atoms with E-state index in [0.717, 1.165) is 16.8 Å². The van der Waals surface area contributed by atoms with Gasteiger partial charge in [-0.15, -0.1) is 0 Å². The number of methoxy groups -OCH3 is 1. The molecule has 0 saturated carbocycles. The van der Waals surface area contributed by atoms with E-state index in [1.807, 2.05) is 37.4 Å². The standard InChI is InChI=1S/C30H29FN6O2/c1-32-13-14-37(2)29(38)27-16-24(23-9-4-5-10-26(23)31)22-12-11-19-17-34-30(36-28(19)25(22)18-33-27)35-20-7-6-8-21(15-20)39-3/h4-10,12,15-18,32H,11,13-14H2,1-3H3,(H,34,35,36). The molecular formula is C30H29FN6O2. The fraction of sp³-hybridized carbons (Fsp3) is 0.200. The number of fused-ring (bicyclic) bond motifs is 3. The summed E-state index contributed by atoms with van der Waals surface area (Å²) in [5.41, 5.74) is 5.02. The van der Waals surface area contributed by atoms with E-state index in [1.54, 1.807) is 55.7 Å². The summed E-state index contributed by atoms with van der Waals surface area (Å²) in [4.78, 5) is 28.8. The zero-order valence-electron chi connectivity index (χ0n) is 22.0. The summed E-state index contributed by atoms with van der Waals surface area (Å²) in [6.45, 7) is 1.14. The molecule has 2 aromatic carbocycles. The molecular weight excluding hydrogens is 495 g/mol. The second-order valence-corrected chi connectivity index (χ2v) is 9.17. The summed E-state index contributed by atoms with van der Waals surface area (Å²) in [5, 5.41) is 6.27. The predicted molar refractivity (Wildman–Crippen MR) is 151 cm³/mol. The molecule has 1 aliphatic carbocycles. The number of nitrogens with one attached hydrogen (secondary N) is 2. The third-order valence-corrected chi connectivity index (χ3v) is 6.59. The number of hydrogen-bond acceptors (Lipinski definition) is 7. The normalized spacial score (nSPS) is 14.1. The topological polar surface area (TPSA) is 91.7 Å². The second kappa shape index (κ2) is 11.4. The first-order valence-electron chi connectivity index (χ1n) is 12.6. The maximum absolute atomic E-state index is 15.1. The van der Waals surface area contributed by atoms with Crippen LogP contribution in [0.25, 0.3) is 11.1 Å². The number of anilines is 2. The summed E-state index contributed by atoms with van der Waals surface area (Å²) < 4.78 is 20.4. The van der Waals surface area contributed by atoms with Gasteiger partial charge in [-0.05, 0) is 48.9 Å². The summed E-state index contributed by atoms with van der Waals surface area (Å²) in [5.74, 6) is 0.478. The molecule has 1 aliphatic heterocycles. The first-order chi connectivity index (χ1) is 19.0. The van der Waals surface area contributed by atoms with Crippen LogP contribution in [-0.2, 0) is 11.2 Å². The zero-order valence-corrected chi connectivity index (χ0v) is 22.0. The molecule has 3 aromatic rings. The van der Waals surface area contributed by atoms with Crippen molar-refractivity contribution in [3.05, 3.63) is 101 Å². The van der Waals surface area contributed by atoms with Gasteiger partial charge in [-0.25, -0.2) is 14.4 Å². The lowest BCUT2D eigenvalue weighted by Gasteiger charge is -2.22. The predicted octanol–water partition coefficient (Wildman–Crippen LogP) is 4.41. The Morgan fingerprint density at radius 2 is 1.97 bits per heavy atom. The number of hydrogen-bond donors (Lipinski definition) is 2. The summed E-state index contributed by atoms with van der Waals surface area (Å²) in [6, 6.07) is 14.0. The molecule has 39 heavy (non-hydrogen) atoms. The molecule has 5 rings (SSSR count). The molecule has 0 saturated heterocycles. The van der Waals surface area contributed by atoms with Crippen molar-refractivity contribution in [2.45, 2.75) is 6.42 Å². The monoisotopic (exact) mass is 524 g/mol. The van der Waals surface area contributed by atoms with E-state index >= 15 is 4.39 Å². The number of carbonyl (C=O) groups is 1. The Morgan fingerprint density at radius 1 is 1.13 bits per heavy atom. The van der Waals surface area contributed by atoms with Crippen molar-refractivity contribution >= 4 is 34.4 Å². The maximum atomic E-state index is 15.1. The van der Waals surface area contributed by atoms with Gasteiger partial charge in [0.15, 0.2) is 0 Å². The Morgan fingerprint density at radius 3 is 2.77 bits per heavy atom. The smallest absolute Gasteiger partial charge is 0.272 e. The lowest BCUT2D eigenvalue weighted by molar-refractivity contribution is -0.122. The van der Waals surface area contributed by atoms with Crippen LogP contribution in [0.15, 0.2) is 83.6 Å². The second-order valence-electron chi connectivity index (χ2n) is 9.17. The largest absolute Gasteiger partial charge is 0.497 e. The Balaban J connectivity index is 1.58. The number of aliphatic imine (C=N–C) groups is 1. The minimum absolute atomic E-state index is 0.222. The van der Waals surface area contributed by atoms with Crippen molar-refractivity contribution in [2.24, 2.45) is 4.99 Å². The molecule has 198 valence electrons. The average Bonchev–Trinajstić information content (AvgIpc) is 3.16. The zero-order chi connectivity index (χ0) is 27.4. The molecule has 2 heterocycles. The van der Waals surface area contributed by atoms with Gasteiger partial charge in [0, 0.05) is 61.0 Å². The van der Waals surface area contributed by atoms with E-state index in [4.69, 9.17) is 9.72 Å². The Labute approximate surface area is 226 Å². The quantitative estimate of drug-likeness (QED) is 0.454. The van der Waals surface area contributed by atoms with Crippen molar-refractivity contribution in [1.29, 1.82) is 0 Å². The minimum atomic E-state index is -0.380. The van der Waals surface area contributed by atoms with Gasteiger partial charge in [0.25, 0.3) is 5.91 Å². The fourth-order valence-corrected chi connectivity index (χ4v) is 4.50. The third-order valence-electron chi connectivity index (χ3n) is 6.59. The fourth-order valence-electron chi connectivity index (χ4n) is 4.50. The van der Waals surface area contributed by atoms with Gasteiger partial charge < -0.3 is 20.3 Å². The molecule has 1 aromatic heterocycles. The molecule has 1 amide bonds. The van der Waals surface area contributed by atoms with Gasteiger partial charge in [-0.1, -0.05) is 30.3 Å². The van der Waals surface area contributed by atoms with Crippen molar-refractivity contribution < 1.29 is 13.9 Å². The van der Waals surface area contributed by atoms with Crippen LogP contribution in [0.2, 0.25) is 0 Å². The van der Waals surface area contributed by atoms with E-state index in [0.29, 0.717) is 53.6 Å². The molecule has 2 aliphatic rings. The van der Waals surface area contributed by atoms with E-state index < -0.39 is 0 Å². The van der Waals surface area contributed by atoms with Crippen molar-refractivity contribution in [3.63, 3.8) is 0 Å². The van der Waals surface area contributed by atoms with Gasteiger partial charge in [0.05, 0.1) is 12.8 Å². The number of likely N-dealkylation sites (N-methyl/N-ethyl adjacent to an activating group) is 2. The molecule has 8 nitrogen and oxygen atoms in total. The number of nitrogens with zero attached hydrogens (tertiary/aromatic N) is 4. The molecule has 0 spiro atoms. The molecule has 2 N–H and O–H groups in total. The summed E-state index contributed by atoms with van der Waals surface area (Å²) in [6.07, 6.45) is 7.66. The van der Waals surface area contributed by atoms with Crippen molar-refractivity contribution in [2.75, 3.05) is 39.6 Å². The SMILES string of the molecule is CNCCN(C)C(=O)C1=NC=C2C(=CCc3cnc(Nc4cccc(OC)c4)nc32)C(c2ccccc2F)=C1. The number of amides is 1. The van der Waals surface area contributed by atoms with Gasteiger partial charge >= 0.3 is 0 Å². The van der Waals surface area contributed by atoms with E-state index in [9.17, 15) is 4.79 Å². The highest BCUT2D eigenvalue weighted by atomic mass is 19.1. The van der Waals surface area contributed by atoms with Crippen LogP contribution in [0.1, 0.15) is 16.8 Å². The van der Waals surface area contributed by atoms with Gasteiger partial charge in [0.1, 0.15) is 17.3 Å². The Kier molecular flexibility index (Phi) is 7.60. The van der Waals surface area contributed by atoms with Gasteiger partial charge in [-0.3, -0.25) is 9.79 Å². The Bertz CT molecular complexity index is 1540. The number of allylic oxidation sites excluding steroid dienone is 4. The number of rotatable bonds is 8. The third kappa shape index (κ3) is 5.49. The number of aromatic nitrogens is 2. The minimum Gasteiger partial charge on any atom is -0.497 e. The molecule has 0 unspecified atom stereocenters. The number of ether oxygens (including phenoxy) is 1. The van der Waals surface area contributed by atoms with Crippen LogP contribution in [0.5, 0.6) is 5.75 Å². The molecule has 0 radical (unpaired) electrons. The molecule has 0 bridgehead atoms. The van der Waals surface area contributed by atoms with Crippen LogP contribution in [-0.4, -0.2) is 60.8 Å².